The summed E-state index contributed by atoms with van der Waals surface area (Å²) in [6.07, 6.45) is 3.69. The molecule has 0 N–H and O–H groups in total. The van der Waals surface area contributed by atoms with Gasteiger partial charge in [0.15, 0.2) is 0 Å². The minimum atomic E-state index is -0.0930. The Morgan fingerprint density at radius 2 is 2.12 bits per heavy atom. The highest BCUT2D eigenvalue weighted by atomic mass is 15.3. The molecule has 0 bridgehead atoms. The minimum Gasteiger partial charge on any atom is -0.268 e. The van der Waals surface area contributed by atoms with Gasteiger partial charge in [-0.1, -0.05) is 30.3 Å². The van der Waals surface area contributed by atoms with E-state index in [1.165, 1.54) is 5.56 Å². The number of benzene rings is 1. The second kappa shape index (κ2) is 4.63. The van der Waals surface area contributed by atoms with E-state index in [9.17, 15) is 0 Å². The van der Waals surface area contributed by atoms with E-state index in [0.29, 0.717) is 0 Å². The minimum absolute atomic E-state index is 0.0930. The largest absolute Gasteiger partial charge is 0.268 e. The molecule has 16 heavy (non-hydrogen) atoms. The molecule has 80 valence electrons. The molecule has 0 aliphatic rings. The molecule has 0 spiro atoms. The van der Waals surface area contributed by atoms with Crippen molar-refractivity contribution in [3.63, 3.8) is 0 Å². The first-order valence-corrected chi connectivity index (χ1v) is 5.25. The number of hydrogen-bond acceptors (Lipinski definition) is 2. The molecule has 1 aromatic carbocycles. The lowest BCUT2D eigenvalue weighted by atomic mass is 10.1. The molecule has 0 radical (unpaired) electrons. The van der Waals surface area contributed by atoms with Crippen molar-refractivity contribution in [3.05, 3.63) is 53.9 Å². The topological polar surface area (TPSA) is 41.6 Å². The number of nitrogens with zero attached hydrogens (tertiary/aromatic N) is 3. The zero-order chi connectivity index (χ0) is 11.4. The first-order chi connectivity index (χ1) is 7.79. The predicted molar refractivity (Wildman–Crippen MR) is 61.8 cm³/mol. The van der Waals surface area contributed by atoms with Crippen LogP contribution in [0.4, 0.5) is 0 Å². The molecule has 0 saturated carbocycles. The van der Waals surface area contributed by atoms with Crippen LogP contribution in [0.25, 0.3) is 0 Å². The summed E-state index contributed by atoms with van der Waals surface area (Å²) < 4.78 is 1.86. The Kier molecular flexibility index (Phi) is 3.02. The van der Waals surface area contributed by atoms with Gasteiger partial charge in [-0.3, -0.25) is 4.68 Å². The summed E-state index contributed by atoms with van der Waals surface area (Å²) in [6, 6.07) is 12.4. The number of nitriles is 1. The lowest BCUT2D eigenvalue weighted by molar-refractivity contribution is 0.686. The van der Waals surface area contributed by atoms with Gasteiger partial charge in [0.2, 0.25) is 0 Å². The Bertz CT molecular complexity index is 493. The van der Waals surface area contributed by atoms with Gasteiger partial charge in [0.25, 0.3) is 0 Å². The Balaban J connectivity index is 2.12. The molecule has 3 heteroatoms. The van der Waals surface area contributed by atoms with Crippen molar-refractivity contribution in [2.24, 2.45) is 0 Å². The molecule has 1 unspecified atom stereocenters. The molecule has 0 saturated heterocycles. The Morgan fingerprint density at radius 1 is 1.38 bits per heavy atom. The van der Waals surface area contributed by atoms with Gasteiger partial charge < -0.3 is 0 Å². The zero-order valence-electron chi connectivity index (χ0n) is 9.17. The lowest BCUT2D eigenvalue weighted by Crippen LogP contribution is -1.99. The maximum Gasteiger partial charge on any atom is 0.0715 e. The molecule has 1 heterocycles. The molecule has 0 aliphatic heterocycles. The molecule has 0 aliphatic carbocycles. The van der Waals surface area contributed by atoms with Crippen LogP contribution in [-0.4, -0.2) is 9.78 Å². The SMILES string of the molecule is CC(C#N)c1cnn(Cc2ccccc2)c1. The Hall–Kier alpha value is -2.08. The molecular formula is C13H13N3. The van der Waals surface area contributed by atoms with Crippen LogP contribution in [0.2, 0.25) is 0 Å². The number of rotatable bonds is 3. The van der Waals surface area contributed by atoms with Crippen molar-refractivity contribution in [1.29, 1.82) is 5.26 Å². The van der Waals surface area contributed by atoms with E-state index in [1.54, 1.807) is 6.20 Å². The van der Waals surface area contributed by atoms with Crippen LogP contribution >= 0.6 is 0 Å². The first kappa shape index (κ1) is 10.4. The van der Waals surface area contributed by atoms with Gasteiger partial charge >= 0.3 is 0 Å². The highest BCUT2D eigenvalue weighted by molar-refractivity contribution is 5.19. The highest BCUT2D eigenvalue weighted by Gasteiger charge is 2.06. The zero-order valence-corrected chi connectivity index (χ0v) is 9.17. The van der Waals surface area contributed by atoms with Crippen LogP contribution in [0.1, 0.15) is 24.0 Å². The van der Waals surface area contributed by atoms with Crippen LogP contribution in [-0.2, 0) is 6.54 Å². The van der Waals surface area contributed by atoms with Crippen molar-refractivity contribution in [1.82, 2.24) is 9.78 Å². The Labute approximate surface area is 94.9 Å². The summed E-state index contributed by atoms with van der Waals surface area (Å²) in [5, 5.41) is 13.0. The van der Waals surface area contributed by atoms with E-state index >= 15 is 0 Å². The molecular weight excluding hydrogens is 198 g/mol. The second-order valence-corrected chi connectivity index (χ2v) is 3.81. The Morgan fingerprint density at radius 3 is 2.81 bits per heavy atom. The summed E-state index contributed by atoms with van der Waals surface area (Å²) in [5.74, 6) is -0.0930. The number of hydrogen-bond donors (Lipinski definition) is 0. The highest BCUT2D eigenvalue weighted by Crippen LogP contribution is 2.13. The van der Waals surface area contributed by atoms with Gasteiger partial charge in [-0.2, -0.15) is 10.4 Å². The normalized spacial score (nSPS) is 12.0. The fourth-order valence-electron chi connectivity index (χ4n) is 1.53. The van der Waals surface area contributed by atoms with E-state index in [1.807, 2.05) is 36.0 Å². The van der Waals surface area contributed by atoms with Crippen LogP contribution in [0.5, 0.6) is 0 Å². The molecule has 2 aromatic rings. The van der Waals surface area contributed by atoms with Crippen molar-refractivity contribution in [3.8, 4) is 6.07 Å². The van der Waals surface area contributed by atoms with E-state index < -0.39 is 0 Å². The molecule has 3 nitrogen and oxygen atoms in total. The molecule has 0 amide bonds. The summed E-state index contributed by atoms with van der Waals surface area (Å²) in [6.45, 7) is 2.63. The molecule has 0 fully saturated rings. The molecule has 2 rings (SSSR count). The van der Waals surface area contributed by atoms with Crippen molar-refractivity contribution >= 4 is 0 Å². The van der Waals surface area contributed by atoms with Gasteiger partial charge in [0.05, 0.1) is 24.7 Å². The van der Waals surface area contributed by atoms with Crippen LogP contribution in [0, 0.1) is 11.3 Å². The van der Waals surface area contributed by atoms with Gasteiger partial charge in [0.1, 0.15) is 0 Å². The van der Waals surface area contributed by atoms with Crippen molar-refractivity contribution in [2.75, 3.05) is 0 Å². The van der Waals surface area contributed by atoms with Gasteiger partial charge in [-0.05, 0) is 12.5 Å². The summed E-state index contributed by atoms with van der Waals surface area (Å²) >= 11 is 0. The van der Waals surface area contributed by atoms with Gasteiger partial charge in [-0.25, -0.2) is 0 Å². The third kappa shape index (κ3) is 2.29. The monoisotopic (exact) mass is 211 g/mol. The van der Waals surface area contributed by atoms with E-state index in [2.05, 4.69) is 23.3 Å². The lowest BCUT2D eigenvalue weighted by Gasteiger charge is -2.01. The summed E-state index contributed by atoms with van der Waals surface area (Å²) in [5.41, 5.74) is 2.18. The maximum absolute atomic E-state index is 8.80. The van der Waals surface area contributed by atoms with E-state index in [4.69, 9.17) is 5.26 Å². The number of aromatic nitrogens is 2. The smallest absolute Gasteiger partial charge is 0.0715 e. The first-order valence-electron chi connectivity index (χ1n) is 5.25. The van der Waals surface area contributed by atoms with Crippen LogP contribution in [0.15, 0.2) is 42.7 Å². The predicted octanol–water partition coefficient (Wildman–Crippen LogP) is 2.56. The molecule has 1 atom stereocenters. The fraction of sp³-hybridized carbons (Fsp3) is 0.231. The van der Waals surface area contributed by atoms with E-state index in [-0.39, 0.29) is 5.92 Å². The third-order valence-electron chi connectivity index (χ3n) is 2.53. The van der Waals surface area contributed by atoms with Gasteiger partial charge in [0, 0.05) is 11.8 Å². The standard InChI is InChI=1S/C13H13N3/c1-11(7-14)13-8-15-16(10-13)9-12-5-3-2-4-6-12/h2-6,8,10-11H,9H2,1H3. The average Bonchev–Trinajstić information content (AvgIpc) is 2.78. The third-order valence-corrected chi connectivity index (χ3v) is 2.53. The maximum atomic E-state index is 8.80. The average molecular weight is 211 g/mol. The van der Waals surface area contributed by atoms with Gasteiger partial charge in [-0.15, -0.1) is 0 Å². The summed E-state index contributed by atoms with van der Waals surface area (Å²) in [4.78, 5) is 0. The molecule has 1 aromatic heterocycles. The van der Waals surface area contributed by atoms with Crippen LogP contribution in [0.3, 0.4) is 0 Å². The van der Waals surface area contributed by atoms with Crippen molar-refractivity contribution < 1.29 is 0 Å². The van der Waals surface area contributed by atoms with Crippen LogP contribution < -0.4 is 0 Å². The quantitative estimate of drug-likeness (QED) is 0.783. The fourth-order valence-corrected chi connectivity index (χ4v) is 1.53. The summed E-state index contributed by atoms with van der Waals surface area (Å²) in [7, 11) is 0. The van der Waals surface area contributed by atoms with E-state index in [0.717, 1.165) is 12.1 Å². The van der Waals surface area contributed by atoms with Crippen molar-refractivity contribution in [2.45, 2.75) is 19.4 Å². The second-order valence-electron chi connectivity index (χ2n) is 3.81.